The highest BCUT2D eigenvalue weighted by Gasteiger charge is 2.09. The molecular weight excluding hydrogens is 233 g/mol. The minimum atomic E-state index is -0.311. The summed E-state index contributed by atoms with van der Waals surface area (Å²) in [5, 5.41) is 8.60. The number of benzene rings is 1. The molecule has 1 aromatic carbocycles. The summed E-state index contributed by atoms with van der Waals surface area (Å²) in [6.07, 6.45) is 0.417. The maximum atomic E-state index is 13.7. The van der Waals surface area contributed by atoms with Crippen LogP contribution in [0.1, 0.15) is 12.0 Å². The zero-order valence-electron chi connectivity index (χ0n) is 10.5. The van der Waals surface area contributed by atoms with Crippen molar-refractivity contribution in [2.75, 3.05) is 32.5 Å². The Morgan fingerprint density at radius 2 is 2.22 bits per heavy atom. The van der Waals surface area contributed by atoms with E-state index in [2.05, 4.69) is 6.07 Å². The van der Waals surface area contributed by atoms with E-state index in [1.165, 1.54) is 6.07 Å². The van der Waals surface area contributed by atoms with Crippen LogP contribution in [-0.2, 0) is 11.3 Å². The quantitative estimate of drug-likeness (QED) is 0.750. The van der Waals surface area contributed by atoms with Gasteiger partial charge in [-0.1, -0.05) is 6.07 Å². The molecule has 0 heterocycles. The minimum Gasteiger partial charge on any atom is -0.399 e. The van der Waals surface area contributed by atoms with Crippen molar-refractivity contribution in [1.82, 2.24) is 4.90 Å². The molecule has 0 aliphatic heterocycles. The van der Waals surface area contributed by atoms with Gasteiger partial charge in [0.1, 0.15) is 5.82 Å². The molecule has 0 saturated heterocycles. The first-order valence-electron chi connectivity index (χ1n) is 5.79. The Hall–Kier alpha value is -1.64. The van der Waals surface area contributed by atoms with E-state index in [0.717, 1.165) is 0 Å². The van der Waals surface area contributed by atoms with Crippen LogP contribution in [-0.4, -0.2) is 31.7 Å². The number of anilines is 1. The average molecular weight is 251 g/mol. The van der Waals surface area contributed by atoms with Gasteiger partial charge in [0.15, 0.2) is 0 Å². The Bertz CT molecular complexity index is 417. The normalized spacial score (nSPS) is 10.6. The molecular formula is C13H18FN3O. The average Bonchev–Trinajstić information content (AvgIpc) is 2.35. The molecule has 18 heavy (non-hydrogen) atoms. The molecule has 0 unspecified atom stereocenters. The lowest BCUT2D eigenvalue weighted by molar-refractivity contribution is 0.144. The standard InChI is InChI=1S/C13H18FN3O/c1-18-8-7-17(6-2-5-15)10-11-3-4-12(16)9-13(11)14/h3-4,9H,2,6-8,10,16H2,1H3. The molecule has 0 amide bonds. The summed E-state index contributed by atoms with van der Waals surface area (Å²) in [6.45, 7) is 2.28. The van der Waals surface area contributed by atoms with E-state index in [1.807, 2.05) is 4.90 Å². The van der Waals surface area contributed by atoms with Crippen molar-refractivity contribution < 1.29 is 9.13 Å². The number of methoxy groups -OCH3 is 1. The first-order valence-corrected chi connectivity index (χ1v) is 5.79. The van der Waals surface area contributed by atoms with E-state index in [-0.39, 0.29) is 5.82 Å². The minimum absolute atomic E-state index is 0.311. The van der Waals surface area contributed by atoms with E-state index in [9.17, 15) is 4.39 Å². The third-order valence-corrected chi connectivity index (χ3v) is 2.62. The van der Waals surface area contributed by atoms with Crippen LogP contribution < -0.4 is 5.73 Å². The van der Waals surface area contributed by atoms with Crippen molar-refractivity contribution in [3.05, 3.63) is 29.6 Å². The van der Waals surface area contributed by atoms with Crippen molar-refractivity contribution >= 4 is 5.69 Å². The summed E-state index contributed by atoms with van der Waals surface area (Å²) in [6, 6.07) is 6.76. The van der Waals surface area contributed by atoms with Crippen LogP contribution in [0, 0.1) is 17.1 Å². The fourth-order valence-electron chi connectivity index (χ4n) is 1.63. The Balaban J connectivity index is 2.66. The summed E-state index contributed by atoms with van der Waals surface area (Å²) in [5.41, 5.74) is 6.50. The first-order chi connectivity index (χ1) is 8.67. The van der Waals surface area contributed by atoms with Gasteiger partial charge in [-0.25, -0.2) is 4.39 Å². The van der Waals surface area contributed by atoms with Crippen molar-refractivity contribution in [1.29, 1.82) is 5.26 Å². The highest BCUT2D eigenvalue weighted by atomic mass is 19.1. The molecule has 0 bridgehead atoms. The van der Waals surface area contributed by atoms with Crippen LogP contribution >= 0.6 is 0 Å². The molecule has 0 saturated carbocycles. The van der Waals surface area contributed by atoms with Crippen LogP contribution in [0.4, 0.5) is 10.1 Å². The predicted octanol–water partition coefficient (Wildman–Crippen LogP) is 1.77. The molecule has 0 aliphatic rings. The number of nitrogen functional groups attached to an aromatic ring is 1. The maximum absolute atomic E-state index is 13.7. The van der Waals surface area contributed by atoms with Gasteiger partial charge < -0.3 is 10.5 Å². The highest BCUT2D eigenvalue weighted by Crippen LogP contribution is 2.14. The highest BCUT2D eigenvalue weighted by molar-refractivity contribution is 5.40. The lowest BCUT2D eigenvalue weighted by Crippen LogP contribution is -2.28. The van der Waals surface area contributed by atoms with Crippen LogP contribution in [0.3, 0.4) is 0 Å². The maximum Gasteiger partial charge on any atom is 0.129 e. The van der Waals surface area contributed by atoms with Gasteiger partial charge in [0.05, 0.1) is 12.7 Å². The summed E-state index contributed by atoms with van der Waals surface area (Å²) in [4.78, 5) is 1.99. The number of nitrogens with two attached hydrogens (primary N) is 1. The Kier molecular flexibility index (Phi) is 6.12. The third kappa shape index (κ3) is 4.70. The molecule has 5 heteroatoms. The molecule has 4 nitrogen and oxygen atoms in total. The van der Waals surface area contributed by atoms with Crippen LogP contribution in [0.2, 0.25) is 0 Å². The number of halogens is 1. The Labute approximate surface area is 107 Å². The molecule has 1 rings (SSSR count). The largest absolute Gasteiger partial charge is 0.399 e. The van der Waals surface area contributed by atoms with Gasteiger partial charge in [-0.3, -0.25) is 4.90 Å². The second kappa shape index (κ2) is 7.64. The van der Waals surface area contributed by atoms with Crippen molar-refractivity contribution in [2.45, 2.75) is 13.0 Å². The summed E-state index contributed by atoms with van der Waals surface area (Å²) < 4.78 is 18.7. The third-order valence-electron chi connectivity index (χ3n) is 2.62. The van der Waals surface area contributed by atoms with E-state index >= 15 is 0 Å². The SMILES string of the molecule is COCCN(CCC#N)Cc1ccc(N)cc1F. The predicted molar refractivity (Wildman–Crippen MR) is 68.2 cm³/mol. The number of nitriles is 1. The van der Waals surface area contributed by atoms with Crippen molar-refractivity contribution in [3.63, 3.8) is 0 Å². The number of hydrogen-bond donors (Lipinski definition) is 1. The molecule has 0 aromatic heterocycles. The molecule has 1 aromatic rings. The van der Waals surface area contributed by atoms with E-state index < -0.39 is 0 Å². The van der Waals surface area contributed by atoms with Gasteiger partial charge in [0.2, 0.25) is 0 Å². The smallest absolute Gasteiger partial charge is 0.129 e. The van der Waals surface area contributed by atoms with Crippen molar-refractivity contribution in [2.24, 2.45) is 0 Å². The van der Waals surface area contributed by atoms with Crippen LogP contribution in [0.15, 0.2) is 18.2 Å². The van der Waals surface area contributed by atoms with Gasteiger partial charge in [-0.2, -0.15) is 5.26 Å². The monoisotopic (exact) mass is 251 g/mol. The fraction of sp³-hybridized carbons (Fsp3) is 0.462. The van der Waals surface area contributed by atoms with Gasteiger partial charge in [-0.15, -0.1) is 0 Å². The Morgan fingerprint density at radius 1 is 1.44 bits per heavy atom. The van der Waals surface area contributed by atoms with Crippen LogP contribution in [0.5, 0.6) is 0 Å². The Morgan fingerprint density at radius 3 is 2.83 bits per heavy atom. The summed E-state index contributed by atoms with van der Waals surface area (Å²) in [5.74, 6) is -0.311. The molecule has 98 valence electrons. The van der Waals surface area contributed by atoms with E-state index in [0.29, 0.717) is 43.9 Å². The van der Waals surface area contributed by atoms with Crippen LogP contribution in [0.25, 0.3) is 0 Å². The molecule has 0 spiro atoms. The molecule has 0 aliphatic carbocycles. The lowest BCUT2D eigenvalue weighted by Gasteiger charge is -2.21. The molecule has 2 N–H and O–H groups in total. The van der Waals surface area contributed by atoms with Gasteiger partial charge in [0, 0.05) is 44.4 Å². The summed E-state index contributed by atoms with van der Waals surface area (Å²) in [7, 11) is 1.62. The topological polar surface area (TPSA) is 62.3 Å². The molecule has 0 atom stereocenters. The number of rotatable bonds is 7. The number of hydrogen-bond acceptors (Lipinski definition) is 4. The van der Waals surface area contributed by atoms with E-state index in [4.69, 9.17) is 15.7 Å². The zero-order valence-corrected chi connectivity index (χ0v) is 10.5. The fourth-order valence-corrected chi connectivity index (χ4v) is 1.63. The lowest BCUT2D eigenvalue weighted by atomic mass is 10.1. The number of nitrogens with zero attached hydrogens (tertiary/aromatic N) is 2. The second-order valence-corrected chi connectivity index (χ2v) is 4.03. The van der Waals surface area contributed by atoms with Gasteiger partial charge in [0.25, 0.3) is 0 Å². The zero-order chi connectivity index (χ0) is 13.4. The summed E-state index contributed by atoms with van der Waals surface area (Å²) >= 11 is 0. The van der Waals surface area contributed by atoms with Gasteiger partial charge >= 0.3 is 0 Å². The van der Waals surface area contributed by atoms with Gasteiger partial charge in [-0.05, 0) is 12.1 Å². The second-order valence-electron chi connectivity index (χ2n) is 4.03. The first kappa shape index (κ1) is 14.4. The number of ether oxygens (including phenoxy) is 1. The van der Waals surface area contributed by atoms with Crippen molar-refractivity contribution in [3.8, 4) is 6.07 Å². The molecule has 0 fully saturated rings. The van der Waals surface area contributed by atoms with E-state index in [1.54, 1.807) is 19.2 Å². The molecule has 0 radical (unpaired) electrons.